The molecule has 1 rings (SSSR count). The predicted molar refractivity (Wildman–Crippen MR) is 47.2 cm³/mol. The highest BCUT2D eigenvalue weighted by Crippen LogP contribution is 2.16. The molecule has 0 aliphatic rings. The van der Waals surface area contributed by atoms with E-state index in [1.807, 2.05) is 25.1 Å². The van der Waals surface area contributed by atoms with Crippen molar-refractivity contribution in [2.45, 2.75) is 13.5 Å². The van der Waals surface area contributed by atoms with Gasteiger partial charge in [-0.1, -0.05) is 29.3 Å². The van der Waals surface area contributed by atoms with Gasteiger partial charge in [0.05, 0.1) is 0 Å². The van der Waals surface area contributed by atoms with Crippen molar-refractivity contribution in [2.24, 2.45) is 5.84 Å². The average Bonchev–Trinajstić information content (AvgIpc) is 1.98. The molecular weight excluding hydrogens is 160 g/mol. The van der Waals surface area contributed by atoms with Crippen LogP contribution >= 0.6 is 11.6 Å². The first kappa shape index (κ1) is 8.53. The van der Waals surface area contributed by atoms with E-state index in [2.05, 4.69) is 5.43 Å². The molecule has 1 aromatic carbocycles. The van der Waals surface area contributed by atoms with Gasteiger partial charge in [0.15, 0.2) is 0 Å². The summed E-state index contributed by atoms with van der Waals surface area (Å²) in [6, 6.07) is 5.87. The summed E-state index contributed by atoms with van der Waals surface area (Å²) in [5.74, 6) is 5.17. The lowest BCUT2D eigenvalue weighted by atomic mass is 10.1. The fraction of sp³-hybridized carbons (Fsp3) is 0.250. The van der Waals surface area contributed by atoms with E-state index < -0.39 is 0 Å². The number of hydrogen-bond donors (Lipinski definition) is 2. The minimum absolute atomic E-state index is 0.612. The van der Waals surface area contributed by atoms with E-state index in [1.165, 1.54) is 5.56 Å². The van der Waals surface area contributed by atoms with Crippen LogP contribution in [0.4, 0.5) is 0 Å². The van der Waals surface area contributed by atoms with E-state index in [1.54, 1.807) is 0 Å². The van der Waals surface area contributed by atoms with Crippen molar-refractivity contribution >= 4 is 11.6 Å². The molecule has 0 fully saturated rings. The van der Waals surface area contributed by atoms with Crippen molar-refractivity contribution in [2.75, 3.05) is 0 Å². The lowest BCUT2D eigenvalue weighted by molar-refractivity contribution is 0.741. The topological polar surface area (TPSA) is 38.0 Å². The van der Waals surface area contributed by atoms with Gasteiger partial charge in [0.2, 0.25) is 0 Å². The first-order chi connectivity index (χ1) is 5.24. The molecule has 0 saturated carbocycles. The second-order valence-corrected chi connectivity index (χ2v) is 2.88. The van der Waals surface area contributed by atoms with Crippen LogP contribution in [0.15, 0.2) is 18.2 Å². The molecule has 0 aliphatic carbocycles. The summed E-state index contributed by atoms with van der Waals surface area (Å²) < 4.78 is 0. The Kier molecular flexibility index (Phi) is 2.88. The Bertz CT molecular complexity index is 248. The molecular formula is C8H11ClN2. The van der Waals surface area contributed by atoms with Gasteiger partial charge in [-0.2, -0.15) is 0 Å². The second kappa shape index (κ2) is 3.72. The van der Waals surface area contributed by atoms with Crippen LogP contribution in [0.2, 0.25) is 5.02 Å². The quantitative estimate of drug-likeness (QED) is 0.523. The van der Waals surface area contributed by atoms with Crippen LogP contribution in [0.1, 0.15) is 11.1 Å². The van der Waals surface area contributed by atoms with Crippen LogP contribution < -0.4 is 11.3 Å². The smallest absolute Gasteiger partial charge is 0.0451 e. The highest BCUT2D eigenvalue weighted by atomic mass is 35.5. The fourth-order valence-electron chi connectivity index (χ4n) is 0.949. The van der Waals surface area contributed by atoms with Gasteiger partial charge in [0.25, 0.3) is 0 Å². The van der Waals surface area contributed by atoms with Gasteiger partial charge in [-0.05, 0) is 18.6 Å². The molecule has 3 heteroatoms. The third-order valence-electron chi connectivity index (χ3n) is 1.49. The van der Waals surface area contributed by atoms with Crippen molar-refractivity contribution in [3.63, 3.8) is 0 Å². The van der Waals surface area contributed by atoms with Crippen LogP contribution in [0.25, 0.3) is 0 Å². The molecule has 2 nitrogen and oxygen atoms in total. The summed E-state index contributed by atoms with van der Waals surface area (Å²) in [5.41, 5.74) is 4.80. The molecule has 0 unspecified atom stereocenters. The predicted octanol–water partition coefficient (Wildman–Crippen LogP) is 1.61. The Labute approximate surface area is 71.3 Å². The molecule has 0 heterocycles. The normalized spacial score (nSPS) is 10.1. The number of halogens is 1. The van der Waals surface area contributed by atoms with E-state index >= 15 is 0 Å². The molecule has 3 N–H and O–H groups in total. The first-order valence-electron chi connectivity index (χ1n) is 3.42. The summed E-state index contributed by atoms with van der Waals surface area (Å²) in [7, 11) is 0. The van der Waals surface area contributed by atoms with Crippen LogP contribution in [0.5, 0.6) is 0 Å². The summed E-state index contributed by atoms with van der Waals surface area (Å²) in [6.45, 7) is 2.64. The Balaban J connectivity index is 2.93. The number of aryl methyl sites for hydroxylation is 1. The zero-order chi connectivity index (χ0) is 8.27. The summed E-state index contributed by atoms with van der Waals surface area (Å²) in [5, 5.41) is 0.758. The second-order valence-electron chi connectivity index (χ2n) is 2.48. The molecule has 1 aromatic rings. The van der Waals surface area contributed by atoms with Gasteiger partial charge in [0, 0.05) is 11.6 Å². The number of hydrazine groups is 1. The third kappa shape index (κ3) is 2.19. The Morgan fingerprint density at radius 3 is 2.91 bits per heavy atom. The van der Waals surface area contributed by atoms with Gasteiger partial charge < -0.3 is 0 Å². The highest BCUT2D eigenvalue weighted by Gasteiger charge is 1.97. The SMILES string of the molecule is Cc1ccc(Cl)c(CNN)c1. The molecule has 60 valence electrons. The molecule has 0 aliphatic heterocycles. The van der Waals surface area contributed by atoms with Crippen LogP contribution in [-0.4, -0.2) is 0 Å². The molecule has 0 atom stereocenters. The lowest BCUT2D eigenvalue weighted by Crippen LogP contribution is -2.21. The number of nitrogens with one attached hydrogen (secondary N) is 1. The maximum Gasteiger partial charge on any atom is 0.0451 e. The summed E-state index contributed by atoms with van der Waals surface area (Å²) in [4.78, 5) is 0. The molecule has 0 radical (unpaired) electrons. The number of rotatable bonds is 2. The van der Waals surface area contributed by atoms with Gasteiger partial charge >= 0.3 is 0 Å². The molecule has 0 spiro atoms. The molecule has 11 heavy (non-hydrogen) atoms. The average molecular weight is 171 g/mol. The Morgan fingerprint density at radius 2 is 2.27 bits per heavy atom. The highest BCUT2D eigenvalue weighted by molar-refractivity contribution is 6.31. The van der Waals surface area contributed by atoms with E-state index in [9.17, 15) is 0 Å². The van der Waals surface area contributed by atoms with E-state index in [4.69, 9.17) is 17.4 Å². The van der Waals surface area contributed by atoms with Crippen LogP contribution in [0.3, 0.4) is 0 Å². The van der Waals surface area contributed by atoms with Crippen LogP contribution in [0, 0.1) is 6.92 Å². The summed E-state index contributed by atoms with van der Waals surface area (Å²) in [6.07, 6.45) is 0. The zero-order valence-electron chi connectivity index (χ0n) is 6.39. The standard InChI is InChI=1S/C8H11ClN2/c1-6-2-3-8(9)7(4-6)5-11-10/h2-4,11H,5,10H2,1H3. The molecule has 0 amide bonds. The van der Waals surface area contributed by atoms with Crippen molar-refractivity contribution in [3.8, 4) is 0 Å². The molecule has 0 aromatic heterocycles. The maximum absolute atomic E-state index is 5.88. The largest absolute Gasteiger partial charge is 0.271 e. The minimum Gasteiger partial charge on any atom is -0.271 e. The number of hydrogen-bond acceptors (Lipinski definition) is 2. The van der Waals surface area contributed by atoms with Gasteiger partial charge in [-0.15, -0.1) is 0 Å². The maximum atomic E-state index is 5.88. The minimum atomic E-state index is 0.612. The van der Waals surface area contributed by atoms with Gasteiger partial charge in [-0.3, -0.25) is 11.3 Å². The zero-order valence-corrected chi connectivity index (χ0v) is 7.15. The summed E-state index contributed by atoms with van der Waals surface area (Å²) >= 11 is 5.88. The van der Waals surface area contributed by atoms with Crippen molar-refractivity contribution < 1.29 is 0 Å². The van der Waals surface area contributed by atoms with Crippen LogP contribution in [-0.2, 0) is 6.54 Å². The van der Waals surface area contributed by atoms with Gasteiger partial charge in [0.1, 0.15) is 0 Å². The molecule has 0 saturated heterocycles. The number of benzene rings is 1. The lowest BCUT2D eigenvalue weighted by Gasteiger charge is -2.03. The number of nitrogens with two attached hydrogens (primary N) is 1. The monoisotopic (exact) mass is 170 g/mol. The van der Waals surface area contributed by atoms with E-state index in [0.717, 1.165) is 10.6 Å². The van der Waals surface area contributed by atoms with E-state index in [-0.39, 0.29) is 0 Å². The van der Waals surface area contributed by atoms with E-state index in [0.29, 0.717) is 6.54 Å². The van der Waals surface area contributed by atoms with Crippen molar-refractivity contribution in [1.29, 1.82) is 0 Å². The Hall–Kier alpha value is -0.570. The Morgan fingerprint density at radius 1 is 1.55 bits per heavy atom. The van der Waals surface area contributed by atoms with Crippen molar-refractivity contribution in [3.05, 3.63) is 34.3 Å². The first-order valence-corrected chi connectivity index (χ1v) is 3.80. The molecule has 0 bridgehead atoms. The fourth-order valence-corrected chi connectivity index (χ4v) is 1.13. The van der Waals surface area contributed by atoms with Crippen molar-refractivity contribution in [1.82, 2.24) is 5.43 Å². The third-order valence-corrected chi connectivity index (χ3v) is 1.86. The van der Waals surface area contributed by atoms with Gasteiger partial charge in [-0.25, -0.2) is 0 Å².